The Morgan fingerprint density at radius 2 is 1.79 bits per heavy atom. The Kier molecular flexibility index (Phi) is 5.36. The van der Waals surface area contributed by atoms with E-state index in [9.17, 15) is 14.0 Å². The molecule has 4 nitrogen and oxygen atoms in total. The average molecular weight is 406 g/mol. The third-order valence-electron chi connectivity index (χ3n) is 4.72. The van der Waals surface area contributed by atoms with Crippen LogP contribution in [0, 0.1) is 12.7 Å². The summed E-state index contributed by atoms with van der Waals surface area (Å²) in [5.74, 6) is -0.231. The summed E-state index contributed by atoms with van der Waals surface area (Å²) in [7, 11) is 0. The molecule has 6 heteroatoms. The monoisotopic (exact) mass is 406 g/mol. The molecular formula is C23H19FN2O2S. The highest BCUT2D eigenvalue weighted by Gasteiger charge is 2.34. The highest BCUT2D eigenvalue weighted by atomic mass is 32.2. The molecule has 3 aromatic rings. The number of carbonyl (C=O) groups excluding carboxylic acids is 2. The molecule has 29 heavy (non-hydrogen) atoms. The molecular weight excluding hydrogens is 387 g/mol. The Hall–Kier alpha value is -3.12. The topological polar surface area (TPSA) is 49.4 Å². The van der Waals surface area contributed by atoms with E-state index < -0.39 is 0 Å². The van der Waals surface area contributed by atoms with E-state index in [1.807, 2.05) is 49.4 Å². The third kappa shape index (κ3) is 4.17. The van der Waals surface area contributed by atoms with Crippen LogP contribution in [0.15, 0.2) is 72.8 Å². The summed E-state index contributed by atoms with van der Waals surface area (Å²) >= 11 is 1.56. The Bertz CT molecular complexity index is 1050. The van der Waals surface area contributed by atoms with Gasteiger partial charge >= 0.3 is 0 Å². The number of nitrogens with zero attached hydrogens (tertiary/aromatic N) is 1. The summed E-state index contributed by atoms with van der Waals surface area (Å²) in [4.78, 5) is 26.7. The van der Waals surface area contributed by atoms with Gasteiger partial charge in [-0.05, 0) is 61.0 Å². The van der Waals surface area contributed by atoms with Gasteiger partial charge in [0.15, 0.2) is 0 Å². The van der Waals surface area contributed by atoms with Crippen LogP contribution in [0.4, 0.5) is 15.8 Å². The first kappa shape index (κ1) is 19.2. The number of thioether (sulfide) groups is 1. The van der Waals surface area contributed by atoms with Crippen LogP contribution in [0.3, 0.4) is 0 Å². The van der Waals surface area contributed by atoms with Gasteiger partial charge in [0.1, 0.15) is 11.2 Å². The van der Waals surface area contributed by atoms with E-state index >= 15 is 0 Å². The van der Waals surface area contributed by atoms with Gasteiger partial charge in [0.2, 0.25) is 5.91 Å². The first-order chi connectivity index (χ1) is 14.0. The Morgan fingerprint density at radius 1 is 1.07 bits per heavy atom. The largest absolute Gasteiger partial charge is 0.322 e. The molecule has 1 fully saturated rings. The van der Waals surface area contributed by atoms with E-state index in [-0.39, 0.29) is 23.0 Å². The highest BCUT2D eigenvalue weighted by Crippen LogP contribution is 2.42. The molecule has 1 saturated heterocycles. The van der Waals surface area contributed by atoms with Gasteiger partial charge in [0.25, 0.3) is 5.91 Å². The van der Waals surface area contributed by atoms with Gasteiger partial charge in [-0.3, -0.25) is 14.5 Å². The fourth-order valence-electron chi connectivity index (χ4n) is 3.23. The standard InChI is InChI=1S/C23H19FN2O2S/c1-15-5-11-20(12-6-15)26-21(27)14-29-23(26)17-3-2-4-19(13-17)25-22(28)16-7-9-18(24)10-8-16/h2-13,23H,14H2,1H3,(H,25,28). The number of hydrogen-bond acceptors (Lipinski definition) is 3. The van der Waals surface area contributed by atoms with Crippen molar-refractivity contribution in [3.8, 4) is 0 Å². The number of hydrogen-bond donors (Lipinski definition) is 1. The van der Waals surface area contributed by atoms with E-state index in [0.717, 1.165) is 16.8 Å². The minimum Gasteiger partial charge on any atom is -0.322 e. The summed E-state index contributed by atoms with van der Waals surface area (Å²) in [6, 6.07) is 20.7. The summed E-state index contributed by atoms with van der Waals surface area (Å²) in [5.41, 5.74) is 3.92. The molecule has 1 heterocycles. The van der Waals surface area contributed by atoms with E-state index in [4.69, 9.17) is 0 Å². The third-order valence-corrected chi connectivity index (χ3v) is 5.93. The van der Waals surface area contributed by atoms with Crippen LogP contribution >= 0.6 is 11.8 Å². The van der Waals surface area contributed by atoms with Gasteiger partial charge in [-0.2, -0.15) is 0 Å². The predicted molar refractivity (Wildman–Crippen MR) is 115 cm³/mol. The van der Waals surface area contributed by atoms with Crippen molar-refractivity contribution in [1.29, 1.82) is 0 Å². The Morgan fingerprint density at radius 3 is 2.52 bits per heavy atom. The Labute approximate surface area is 172 Å². The van der Waals surface area contributed by atoms with Crippen molar-refractivity contribution in [2.24, 2.45) is 0 Å². The van der Waals surface area contributed by atoms with Crippen LogP contribution < -0.4 is 10.2 Å². The summed E-state index contributed by atoms with van der Waals surface area (Å²) < 4.78 is 13.1. The normalized spacial score (nSPS) is 16.1. The Balaban J connectivity index is 1.57. The molecule has 146 valence electrons. The zero-order valence-corrected chi connectivity index (χ0v) is 16.6. The number of halogens is 1. The maximum atomic E-state index is 13.1. The van der Waals surface area contributed by atoms with Crippen LogP contribution in [0.5, 0.6) is 0 Å². The SMILES string of the molecule is Cc1ccc(N2C(=O)CSC2c2cccc(NC(=O)c3ccc(F)cc3)c2)cc1. The van der Waals surface area contributed by atoms with Crippen molar-refractivity contribution in [1.82, 2.24) is 0 Å². The second kappa shape index (κ2) is 8.09. The summed E-state index contributed by atoms with van der Waals surface area (Å²) in [5, 5.41) is 2.68. The molecule has 4 rings (SSSR count). The number of amides is 2. The number of rotatable bonds is 4. The zero-order chi connectivity index (χ0) is 20.4. The number of carbonyl (C=O) groups is 2. The van der Waals surface area contributed by atoms with Crippen molar-refractivity contribution >= 4 is 35.0 Å². The minimum atomic E-state index is -0.386. The van der Waals surface area contributed by atoms with E-state index in [2.05, 4.69) is 5.32 Å². The molecule has 0 bridgehead atoms. The van der Waals surface area contributed by atoms with Gasteiger partial charge in [0.05, 0.1) is 5.75 Å². The molecule has 0 saturated carbocycles. The van der Waals surface area contributed by atoms with Crippen LogP contribution in [0.25, 0.3) is 0 Å². The highest BCUT2D eigenvalue weighted by molar-refractivity contribution is 8.00. The minimum absolute atomic E-state index is 0.0598. The quantitative estimate of drug-likeness (QED) is 0.651. The molecule has 0 radical (unpaired) electrons. The summed E-state index contributed by atoms with van der Waals surface area (Å²) in [6.45, 7) is 2.01. The molecule has 1 aliphatic heterocycles. The molecule has 1 N–H and O–H groups in total. The molecule has 0 aromatic heterocycles. The smallest absolute Gasteiger partial charge is 0.255 e. The molecule has 1 unspecified atom stereocenters. The van der Waals surface area contributed by atoms with E-state index in [0.29, 0.717) is 17.0 Å². The number of anilines is 2. The fourth-order valence-corrected chi connectivity index (χ4v) is 4.40. The maximum absolute atomic E-state index is 13.1. The van der Waals surface area contributed by atoms with Crippen molar-refractivity contribution in [2.45, 2.75) is 12.3 Å². The number of nitrogens with one attached hydrogen (secondary N) is 1. The van der Waals surface area contributed by atoms with Gasteiger partial charge in [-0.25, -0.2) is 4.39 Å². The maximum Gasteiger partial charge on any atom is 0.255 e. The lowest BCUT2D eigenvalue weighted by Gasteiger charge is -2.25. The lowest BCUT2D eigenvalue weighted by molar-refractivity contribution is -0.115. The lowest BCUT2D eigenvalue weighted by Crippen LogP contribution is -2.27. The van der Waals surface area contributed by atoms with Crippen molar-refractivity contribution in [3.63, 3.8) is 0 Å². The molecule has 1 aliphatic rings. The van der Waals surface area contributed by atoms with Crippen LogP contribution in [-0.4, -0.2) is 17.6 Å². The molecule has 3 aromatic carbocycles. The van der Waals surface area contributed by atoms with E-state index in [1.165, 1.54) is 24.3 Å². The lowest BCUT2D eigenvalue weighted by atomic mass is 10.1. The fraction of sp³-hybridized carbons (Fsp3) is 0.130. The van der Waals surface area contributed by atoms with Crippen molar-refractivity contribution in [2.75, 3.05) is 16.0 Å². The second-order valence-electron chi connectivity index (χ2n) is 6.85. The zero-order valence-electron chi connectivity index (χ0n) is 15.8. The van der Waals surface area contributed by atoms with Crippen molar-refractivity contribution < 1.29 is 14.0 Å². The predicted octanol–water partition coefficient (Wildman–Crippen LogP) is 5.17. The molecule has 1 atom stereocenters. The first-order valence-corrected chi connectivity index (χ1v) is 10.2. The van der Waals surface area contributed by atoms with Gasteiger partial charge in [-0.15, -0.1) is 11.8 Å². The van der Waals surface area contributed by atoms with Gasteiger partial charge in [0, 0.05) is 16.9 Å². The van der Waals surface area contributed by atoms with Crippen LogP contribution in [-0.2, 0) is 4.79 Å². The van der Waals surface area contributed by atoms with Gasteiger partial charge in [-0.1, -0.05) is 29.8 Å². The van der Waals surface area contributed by atoms with E-state index in [1.54, 1.807) is 22.7 Å². The number of benzene rings is 3. The van der Waals surface area contributed by atoms with Crippen molar-refractivity contribution in [3.05, 3.63) is 95.3 Å². The van der Waals surface area contributed by atoms with Crippen LogP contribution in [0.2, 0.25) is 0 Å². The summed E-state index contributed by atoms with van der Waals surface area (Å²) in [6.07, 6.45) is 0. The van der Waals surface area contributed by atoms with Gasteiger partial charge < -0.3 is 5.32 Å². The second-order valence-corrected chi connectivity index (χ2v) is 7.92. The molecule has 0 spiro atoms. The molecule has 2 amide bonds. The average Bonchev–Trinajstić information content (AvgIpc) is 3.11. The van der Waals surface area contributed by atoms with Crippen LogP contribution in [0.1, 0.15) is 26.9 Å². The molecule has 0 aliphatic carbocycles. The first-order valence-electron chi connectivity index (χ1n) is 9.18. The number of aryl methyl sites for hydroxylation is 1.